The molecule has 1 aliphatic heterocycles. The molecule has 0 aromatic heterocycles. The molecule has 0 spiro atoms. The second-order valence-corrected chi connectivity index (χ2v) is 2.11. The largest absolute Gasteiger partial charge is 0.465 e. The van der Waals surface area contributed by atoms with Gasteiger partial charge in [-0.15, -0.1) is 0 Å². The molecule has 0 N–H and O–H groups in total. The van der Waals surface area contributed by atoms with Crippen LogP contribution in [0.1, 0.15) is 13.3 Å². The number of hydrogen-bond donors (Lipinski definition) is 0. The van der Waals surface area contributed by atoms with Gasteiger partial charge >= 0.3 is 5.97 Å². The average molecular weight is 128 g/mol. The second-order valence-electron chi connectivity index (χ2n) is 2.11. The highest BCUT2D eigenvalue weighted by Crippen LogP contribution is 2.09. The van der Waals surface area contributed by atoms with E-state index < -0.39 is 5.92 Å². The number of hydrogen-bond acceptors (Lipinski definition) is 3. The smallest absolute Gasteiger partial charge is 0.316 e. The van der Waals surface area contributed by atoms with Crippen molar-refractivity contribution >= 4 is 11.8 Å². The summed E-state index contributed by atoms with van der Waals surface area (Å²) in [6, 6.07) is 0. The third kappa shape index (κ3) is 1.09. The van der Waals surface area contributed by atoms with Crippen molar-refractivity contribution in [1.29, 1.82) is 0 Å². The van der Waals surface area contributed by atoms with Gasteiger partial charge in [0.15, 0.2) is 0 Å². The zero-order valence-corrected chi connectivity index (χ0v) is 5.22. The van der Waals surface area contributed by atoms with Crippen LogP contribution in [0.15, 0.2) is 0 Å². The Morgan fingerprint density at radius 2 is 2.22 bits per heavy atom. The van der Waals surface area contributed by atoms with Crippen LogP contribution in [-0.4, -0.2) is 18.4 Å². The van der Waals surface area contributed by atoms with Crippen LogP contribution in [0.4, 0.5) is 0 Å². The fourth-order valence-corrected chi connectivity index (χ4v) is 0.725. The van der Waals surface area contributed by atoms with Gasteiger partial charge in [0.05, 0.1) is 6.61 Å². The van der Waals surface area contributed by atoms with Crippen LogP contribution in [0.5, 0.6) is 0 Å². The molecule has 0 aromatic carbocycles. The molecule has 50 valence electrons. The highest BCUT2D eigenvalue weighted by molar-refractivity contribution is 6.00. The number of carbonyl (C=O) groups is 2. The Balaban J connectivity index is 2.62. The van der Waals surface area contributed by atoms with Crippen molar-refractivity contribution in [1.82, 2.24) is 0 Å². The molecule has 1 atom stereocenters. The molecule has 0 aromatic rings. The summed E-state index contributed by atoms with van der Waals surface area (Å²) < 4.78 is 4.60. The SMILES string of the molecule is CC1C(=O)CCOC1=O. The quantitative estimate of drug-likeness (QED) is 0.344. The molecule has 3 heteroatoms. The van der Waals surface area contributed by atoms with Gasteiger partial charge in [0.2, 0.25) is 0 Å². The highest BCUT2D eigenvalue weighted by atomic mass is 16.5. The lowest BCUT2D eigenvalue weighted by Gasteiger charge is -2.15. The molecule has 1 rings (SSSR count). The van der Waals surface area contributed by atoms with Crippen LogP contribution < -0.4 is 0 Å². The Hall–Kier alpha value is -0.860. The topological polar surface area (TPSA) is 43.4 Å². The zero-order chi connectivity index (χ0) is 6.85. The summed E-state index contributed by atoms with van der Waals surface area (Å²) >= 11 is 0. The van der Waals surface area contributed by atoms with Crippen LogP contribution in [0, 0.1) is 5.92 Å². The van der Waals surface area contributed by atoms with Gasteiger partial charge in [-0.05, 0) is 6.92 Å². The first kappa shape index (κ1) is 6.26. The standard InChI is InChI=1S/C6H8O3/c1-4-5(7)2-3-9-6(4)8/h4H,2-3H2,1H3. The normalized spacial score (nSPS) is 27.9. The van der Waals surface area contributed by atoms with Gasteiger partial charge in [-0.25, -0.2) is 0 Å². The number of esters is 1. The summed E-state index contributed by atoms with van der Waals surface area (Å²) in [7, 11) is 0. The molecule has 1 unspecified atom stereocenters. The molecular formula is C6H8O3. The van der Waals surface area contributed by atoms with Gasteiger partial charge in [-0.2, -0.15) is 0 Å². The molecule has 0 saturated carbocycles. The van der Waals surface area contributed by atoms with E-state index in [9.17, 15) is 9.59 Å². The van der Waals surface area contributed by atoms with Crippen molar-refractivity contribution in [3.63, 3.8) is 0 Å². The van der Waals surface area contributed by atoms with Crippen molar-refractivity contribution in [2.24, 2.45) is 5.92 Å². The minimum atomic E-state index is -0.529. The van der Waals surface area contributed by atoms with Gasteiger partial charge < -0.3 is 4.74 Å². The lowest BCUT2D eigenvalue weighted by Crippen LogP contribution is -2.30. The van der Waals surface area contributed by atoms with Crippen molar-refractivity contribution in [2.75, 3.05) is 6.61 Å². The van der Waals surface area contributed by atoms with E-state index in [2.05, 4.69) is 4.74 Å². The van der Waals surface area contributed by atoms with Crippen molar-refractivity contribution in [3.8, 4) is 0 Å². The van der Waals surface area contributed by atoms with Gasteiger partial charge in [0, 0.05) is 6.42 Å². The molecule has 1 fully saturated rings. The number of ether oxygens (including phenoxy) is 1. The zero-order valence-electron chi connectivity index (χ0n) is 5.22. The van der Waals surface area contributed by atoms with E-state index in [4.69, 9.17) is 0 Å². The highest BCUT2D eigenvalue weighted by Gasteiger charge is 2.26. The molecule has 1 aliphatic rings. The molecule has 0 aliphatic carbocycles. The average Bonchev–Trinajstić information content (AvgIpc) is 1.83. The molecule has 0 amide bonds. The van der Waals surface area contributed by atoms with Crippen LogP contribution >= 0.6 is 0 Å². The third-order valence-corrected chi connectivity index (χ3v) is 1.43. The lowest BCUT2D eigenvalue weighted by atomic mass is 10.0. The van der Waals surface area contributed by atoms with E-state index in [0.717, 1.165) is 0 Å². The Bertz CT molecular complexity index is 134. The maximum absolute atomic E-state index is 10.7. The fraction of sp³-hybridized carbons (Fsp3) is 0.667. The number of cyclic esters (lactones) is 1. The van der Waals surface area contributed by atoms with E-state index in [-0.39, 0.29) is 18.4 Å². The molecule has 1 heterocycles. The van der Waals surface area contributed by atoms with Crippen LogP contribution in [0.3, 0.4) is 0 Å². The third-order valence-electron chi connectivity index (χ3n) is 1.43. The Kier molecular flexibility index (Phi) is 1.51. The summed E-state index contributed by atoms with van der Waals surface area (Å²) in [5.74, 6) is -0.920. The van der Waals surface area contributed by atoms with E-state index in [1.807, 2.05) is 0 Å². The van der Waals surface area contributed by atoms with Crippen LogP contribution in [0.25, 0.3) is 0 Å². The van der Waals surface area contributed by atoms with Gasteiger partial charge in [-0.1, -0.05) is 0 Å². The molecule has 0 bridgehead atoms. The van der Waals surface area contributed by atoms with E-state index in [0.29, 0.717) is 6.42 Å². The van der Waals surface area contributed by atoms with E-state index in [1.165, 1.54) is 0 Å². The fourth-order valence-electron chi connectivity index (χ4n) is 0.725. The predicted octanol–water partition coefficient (Wildman–Crippen LogP) is 0.139. The summed E-state index contributed by atoms with van der Waals surface area (Å²) in [4.78, 5) is 21.3. The van der Waals surface area contributed by atoms with Gasteiger partial charge in [0.25, 0.3) is 0 Å². The molecule has 1 saturated heterocycles. The summed E-state index contributed by atoms with van der Waals surface area (Å²) in [6.07, 6.45) is 0.382. The number of carbonyl (C=O) groups excluding carboxylic acids is 2. The first-order valence-electron chi connectivity index (χ1n) is 2.91. The molecule has 0 radical (unpaired) electrons. The minimum absolute atomic E-state index is 0.00810. The Labute approximate surface area is 53.0 Å². The number of ketones is 1. The first-order chi connectivity index (χ1) is 4.22. The molecule has 3 nitrogen and oxygen atoms in total. The minimum Gasteiger partial charge on any atom is -0.465 e. The van der Waals surface area contributed by atoms with E-state index >= 15 is 0 Å². The number of rotatable bonds is 0. The number of Topliss-reactive ketones (excluding diaryl/α,β-unsaturated/α-hetero) is 1. The van der Waals surface area contributed by atoms with Crippen molar-refractivity contribution in [2.45, 2.75) is 13.3 Å². The van der Waals surface area contributed by atoms with E-state index in [1.54, 1.807) is 6.92 Å². The van der Waals surface area contributed by atoms with Gasteiger partial charge in [0.1, 0.15) is 11.7 Å². The lowest BCUT2D eigenvalue weighted by molar-refractivity contribution is -0.156. The second kappa shape index (κ2) is 2.17. The Morgan fingerprint density at radius 1 is 1.56 bits per heavy atom. The maximum atomic E-state index is 10.7. The Morgan fingerprint density at radius 3 is 2.67 bits per heavy atom. The van der Waals surface area contributed by atoms with Gasteiger partial charge in [-0.3, -0.25) is 9.59 Å². The van der Waals surface area contributed by atoms with Crippen LogP contribution in [-0.2, 0) is 14.3 Å². The van der Waals surface area contributed by atoms with Crippen molar-refractivity contribution in [3.05, 3.63) is 0 Å². The van der Waals surface area contributed by atoms with Crippen molar-refractivity contribution < 1.29 is 14.3 Å². The van der Waals surface area contributed by atoms with Crippen LogP contribution in [0.2, 0.25) is 0 Å². The monoisotopic (exact) mass is 128 g/mol. The molecule has 9 heavy (non-hydrogen) atoms. The molecular weight excluding hydrogens is 120 g/mol. The summed E-state index contributed by atoms with van der Waals surface area (Å²) in [5, 5.41) is 0. The first-order valence-corrected chi connectivity index (χ1v) is 2.91. The maximum Gasteiger partial charge on any atom is 0.316 e. The predicted molar refractivity (Wildman–Crippen MR) is 29.7 cm³/mol. The summed E-state index contributed by atoms with van der Waals surface area (Å²) in [6.45, 7) is 1.84. The summed E-state index contributed by atoms with van der Waals surface area (Å²) in [5.41, 5.74) is 0.